The Labute approximate surface area is 131 Å². The van der Waals surface area contributed by atoms with Gasteiger partial charge in [0.1, 0.15) is 18.5 Å². The van der Waals surface area contributed by atoms with Crippen LogP contribution in [0.1, 0.15) is 19.8 Å². The molecule has 22 heavy (non-hydrogen) atoms. The maximum Gasteiger partial charge on any atom is 0.325 e. The van der Waals surface area contributed by atoms with E-state index in [1.165, 1.54) is 4.90 Å². The van der Waals surface area contributed by atoms with Crippen LogP contribution in [0.15, 0.2) is 35.3 Å². The zero-order chi connectivity index (χ0) is 15.8. The van der Waals surface area contributed by atoms with E-state index in [0.29, 0.717) is 25.7 Å². The van der Waals surface area contributed by atoms with E-state index in [1.807, 2.05) is 37.3 Å². The molecular weight excluding hydrogens is 282 g/mol. The smallest absolute Gasteiger partial charge is 0.325 e. The van der Waals surface area contributed by atoms with Crippen LogP contribution in [0.3, 0.4) is 0 Å². The Morgan fingerprint density at radius 2 is 2.23 bits per heavy atom. The SMILES string of the molecule is CCCNC(=O)N(C)C1=NCCC(COc2ccccc2)O1. The van der Waals surface area contributed by atoms with E-state index in [2.05, 4.69) is 10.3 Å². The molecule has 120 valence electrons. The molecule has 1 heterocycles. The number of nitrogens with zero attached hydrogens (tertiary/aromatic N) is 2. The van der Waals surface area contributed by atoms with Crippen LogP contribution in [0.2, 0.25) is 0 Å². The molecule has 0 aromatic heterocycles. The van der Waals surface area contributed by atoms with Gasteiger partial charge >= 0.3 is 6.03 Å². The van der Waals surface area contributed by atoms with Gasteiger partial charge in [0.05, 0.1) is 0 Å². The molecule has 6 heteroatoms. The molecule has 1 unspecified atom stereocenters. The number of para-hydroxylation sites is 1. The van der Waals surface area contributed by atoms with Gasteiger partial charge in [-0.15, -0.1) is 0 Å². The van der Waals surface area contributed by atoms with Crippen molar-refractivity contribution in [3.05, 3.63) is 30.3 Å². The minimum atomic E-state index is -0.203. The number of rotatable bonds is 5. The molecule has 1 aliphatic heterocycles. The van der Waals surface area contributed by atoms with Crippen molar-refractivity contribution in [1.29, 1.82) is 0 Å². The zero-order valence-electron chi connectivity index (χ0n) is 13.1. The van der Waals surface area contributed by atoms with Gasteiger partial charge in [0.15, 0.2) is 0 Å². The fourth-order valence-corrected chi connectivity index (χ4v) is 2.00. The van der Waals surface area contributed by atoms with Gasteiger partial charge in [-0.2, -0.15) is 0 Å². The van der Waals surface area contributed by atoms with Gasteiger partial charge in [0, 0.05) is 26.6 Å². The zero-order valence-corrected chi connectivity index (χ0v) is 13.1. The first-order chi connectivity index (χ1) is 10.7. The lowest BCUT2D eigenvalue weighted by Gasteiger charge is -2.28. The molecule has 1 aromatic rings. The van der Waals surface area contributed by atoms with Gasteiger partial charge in [0.2, 0.25) is 0 Å². The summed E-state index contributed by atoms with van der Waals surface area (Å²) in [6.07, 6.45) is 1.57. The number of urea groups is 1. The van der Waals surface area contributed by atoms with Crippen molar-refractivity contribution in [3.8, 4) is 5.75 Å². The molecule has 0 bridgehead atoms. The minimum Gasteiger partial charge on any atom is -0.490 e. The third-order valence-electron chi connectivity index (χ3n) is 3.27. The molecule has 0 fully saturated rings. The van der Waals surface area contributed by atoms with Crippen LogP contribution in [0.25, 0.3) is 0 Å². The lowest BCUT2D eigenvalue weighted by Crippen LogP contribution is -2.45. The maximum absolute atomic E-state index is 11.9. The number of aliphatic imine (C=N–C) groups is 1. The van der Waals surface area contributed by atoms with Crippen molar-refractivity contribution in [1.82, 2.24) is 10.2 Å². The van der Waals surface area contributed by atoms with E-state index in [9.17, 15) is 4.79 Å². The van der Waals surface area contributed by atoms with E-state index < -0.39 is 0 Å². The topological polar surface area (TPSA) is 63.2 Å². The van der Waals surface area contributed by atoms with Crippen LogP contribution in [-0.2, 0) is 4.74 Å². The molecule has 0 saturated heterocycles. The van der Waals surface area contributed by atoms with Crippen molar-refractivity contribution in [2.75, 3.05) is 26.7 Å². The van der Waals surface area contributed by atoms with Crippen molar-refractivity contribution >= 4 is 12.1 Å². The summed E-state index contributed by atoms with van der Waals surface area (Å²) in [5.41, 5.74) is 0. The van der Waals surface area contributed by atoms with Crippen LogP contribution in [0.5, 0.6) is 5.75 Å². The Hall–Kier alpha value is -2.24. The van der Waals surface area contributed by atoms with Crippen LogP contribution in [0, 0.1) is 0 Å². The van der Waals surface area contributed by atoms with Gasteiger partial charge in [-0.1, -0.05) is 25.1 Å². The number of carbonyl (C=O) groups excluding carboxylic acids is 1. The molecule has 2 rings (SSSR count). The van der Waals surface area contributed by atoms with E-state index in [1.54, 1.807) is 7.05 Å². The van der Waals surface area contributed by atoms with E-state index in [0.717, 1.165) is 18.6 Å². The molecule has 2 amide bonds. The number of carbonyl (C=O) groups is 1. The Bertz CT molecular complexity index is 505. The van der Waals surface area contributed by atoms with E-state index in [-0.39, 0.29) is 12.1 Å². The summed E-state index contributed by atoms with van der Waals surface area (Å²) >= 11 is 0. The third kappa shape index (κ3) is 4.65. The van der Waals surface area contributed by atoms with Crippen molar-refractivity contribution in [2.24, 2.45) is 4.99 Å². The van der Waals surface area contributed by atoms with Crippen LogP contribution in [-0.4, -0.2) is 49.8 Å². The number of hydrogen-bond donors (Lipinski definition) is 1. The fourth-order valence-electron chi connectivity index (χ4n) is 2.00. The standard InChI is InChI=1S/C16H23N3O3/c1-3-10-17-15(20)19(2)16-18-11-9-14(22-16)12-21-13-7-5-4-6-8-13/h4-8,14H,3,9-12H2,1-2H3,(H,17,20). The second kappa shape index (κ2) is 8.26. The minimum absolute atomic E-state index is 0.103. The quantitative estimate of drug-likeness (QED) is 0.907. The first kappa shape index (κ1) is 16.1. The Balaban J connectivity index is 1.83. The number of amides is 2. The molecule has 0 aliphatic carbocycles. The van der Waals surface area contributed by atoms with Gasteiger partial charge in [-0.25, -0.2) is 9.79 Å². The van der Waals surface area contributed by atoms with E-state index >= 15 is 0 Å². The summed E-state index contributed by atoms with van der Waals surface area (Å²) in [7, 11) is 1.66. The van der Waals surface area contributed by atoms with Crippen molar-refractivity contribution < 1.29 is 14.3 Å². The van der Waals surface area contributed by atoms with Crippen molar-refractivity contribution in [3.63, 3.8) is 0 Å². The number of amidine groups is 1. The Morgan fingerprint density at radius 3 is 2.95 bits per heavy atom. The predicted molar refractivity (Wildman–Crippen MR) is 85.2 cm³/mol. The second-order valence-corrected chi connectivity index (χ2v) is 5.11. The normalized spacial score (nSPS) is 17.2. The number of nitrogens with one attached hydrogen (secondary N) is 1. The van der Waals surface area contributed by atoms with Gasteiger partial charge in [-0.05, 0) is 18.6 Å². The molecule has 6 nitrogen and oxygen atoms in total. The molecule has 1 N–H and O–H groups in total. The highest BCUT2D eigenvalue weighted by molar-refractivity contribution is 5.93. The maximum atomic E-state index is 11.9. The highest BCUT2D eigenvalue weighted by atomic mass is 16.5. The van der Waals surface area contributed by atoms with E-state index in [4.69, 9.17) is 9.47 Å². The number of benzene rings is 1. The highest BCUT2D eigenvalue weighted by Crippen LogP contribution is 2.13. The molecule has 0 saturated carbocycles. The van der Waals surface area contributed by atoms with Gasteiger partial charge < -0.3 is 14.8 Å². The van der Waals surface area contributed by atoms with Crippen molar-refractivity contribution in [2.45, 2.75) is 25.9 Å². The van der Waals surface area contributed by atoms with Crippen LogP contribution < -0.4 is 10.1 Å². The molecule has 0 radical (unpaired) electrons. The van der Waals surface area contributed by atoms with Crippen LogP contribution >= 0.6 is 0 Å². The van der Waals surface area contributed by atoms with Gasteiger partial charge in [0.25, 0.3) is 6.02 Å². The first-order valence-corrected chi connectivity index (χ1v) is 7.61. The average Bonchev–Trinajstić information content (AvgIpc) is 2.58. The molecule has 1 atom stereocenters. The Kier molecular flexibility index (Phi) is 6.06. The predicted octanol–water partition coefficient (Wildman–Crippen LogP) is 2.26. The van der Waals surface area contributed by atoms with Crippen LogP contribution in [0.4, 0.5) is 4.79 Å². The first-order valence-electron chi connectivity index (χ1n) is 7.61. The lowest BCUT2D eigenvalue weighted by atomic mass is 10.2. The number of ether oxygens (including phenoxy) is 2. The van der Waals surface area contributed by atoms with Gasteiger partial charge in [-0.3, -0.25) is 4.90 Å². The summed E-state index contributed by atoms with van der Waals surface area (Å²) in [6, 6.07) is 9.75. The lowest BCUT2D eigenvalue weighted by molar-refractivity contribution is 0.0864. The molecular formula is C16H23N3O3. The Morgan fingerprint density at radius 1 is 1.45 bits per heavy atom. The highest BCUT2D eigenvalue weighted by Gasteiger charge is 2.24. The second-order valence-electron chi connectivity index (χ2n) is 5.11. The number of hydrogen-bond acceptors (Lipinski definition) is 4. The summed E-state index contributed by atoms with van der Waals surface area (Å²) in [6.45, 7) is 3.71. The summed E-state index contributed by atoms with van der Waals surface area (Å²) < 4.78 is 11.5. The fraction of sp³-hybridized carbons (Fsp3) is 0.500. The average molecular weight is 305 g/mol. The molecule has 1 aromatic carbocycles. The largest absolute Gasteiger partial charge is 0.490 e. The third-order valence-corrected chi connectivity index (χ3v) is 3.27. The summed E-state index contributed by atoms with van der Waals surface area (Å²) in [5, 5.41) is 2.80. The summed E-state index contributed by atoms with van der Waals surface area (Å²) in [5.74, 6) is 0.809. The molecule has 0 spiro atoms. The summed E-state index contributed by atoms with van der Waals surface area (Å²) in [4.78, 5) is 17.6. The monoisotopic (exact) mass is 305 g/mol. The molecule has 1 aliphatic rings.